The number of rotatable bonds is 7. The van der Waals surface area contributed by atoms with Crippen molar-refractivity contribution >= 4 is 34.1 Å². The van der Waals surface area contributed by atoms with Gasteiger partial charge in [-0.05, 0) is 66.2 Å². The van der Waals surface area contributed by atoms with Crippen LogP contribution < -0.4 is 21.5 Å². The Morgan fingerprint density at radius 1 is 0.800 bits per heavy atom. The second-order valence-corrected chi connectivity index (χ2v) is 9.14. The van der Waals surface area contributed by atoms with Crippen LogP contribution in [0.2, 0.25) is 0 Å². The van der Waals surface area contributed by atoms with E-state index in [1.165, 1.54) is 6.33 Å². The molecule has 0 spiro atoms. The summed E-state index contributed by atoms with van der Waals surface area (Å²) in [6, 6.07) is 31.7. The van der Waals surface area contributed by atoms with Crippen LogP contribution in [0.15, 0.2) is 109 Å². The Balaban J connectivity index is 1.24. The Bertz CT molecular complexity index is 1800. The molecule has 4 aromatic carbocycles. The molecular weight excluding hydrogens is 502 g/mol. The lowest BCUT2D eigenvalue weighted by Crippen LogP contribution is -2.13. The molecule has 2 heterocycles. The van der Waals surface area contributed by atoms with Crippen LogP contribution in [0.5, 0.6) is 11.5 Å². The van der Waals surface area contributed by atoms with E-state index in [9.17, 15) is 4.79 Å². The molecule has 6 aromatic rings. The van der Waals surface area contributed by atoms with Gasteiger partial charge in [0, 0.05) is 11.1 Å². The number of nitrogens with one attached hydrogen (secondary N) is 1. The molecule has 0 bridgehead atoms. The third-order valence-corrected chi connectivity index (χ3v) is 6.42. The molecule has 0 aliphatic rings. The quantitative estimate of drug-likeness (QED) is 0.225. The fraction of sp³-hybridized carbons (Fsp3) is 0.0323. The third-order valence-electron chi connectivity index (χ3n) is 6.42. The highest BCUT2D eigenvalue weighted by atomic mass is 16.5. The number of hydrogen-bond donors (Lipinski definition) is 3. The Kier molecular flexibility index (Phi) is 6.51. The number of anilines is 3. The van der Waals surface area contributed by atoms with Crippen molar-refractivity contribution in [3.05, 3.63) is 121 Å². The summed E-state index contributed by atoms with van der Waals surface area (Å²) < 4.78 is 7.71. The van der Waals surface area contributed by atoms with E-state index in [0.717, 1.165) is 16.9 Å². The van der Waals surface area contributed by atoms with Gasteiger partial charge in [-0.2, -0.15) is 5.10 Å². The number of fused-ring (bicyclic) bond motifs is 1. The largest absolute Gasteiger partial charge is 0.457 e. The molecule has 0 saturated carbocycles. The monoisotopic (exact) mass is 527 g/mol. The number of para-hydroxylation sites is 3. The number of benzene rings is 4. The van der Waals surface area contributed by atoms with Crippen molar-refractivity contribution in [2.75, 3.05) is 16.8 Å². The standard InChI is InChI=1S/C31H25N7O2/c32-25-8-4-5-9-26(25)36-31(39)22-12-10-20(11-13-22)18-38-30-27(29(33)34-19-35-30)28(37-38)21-14-16-24(17-15-21)40-23-6-2-1-3-7-23/h1-17,19H,18,32H2,(H,36,39)(H2,33,34,35). The fourth-order valence-electron chi connectivity index (χ4n) is 4.39. The minimum atomic E-state index is -0.239. The molecule has 0 saturated heterocycles. The first-order valence-electron chi connectivity index (χ1n) is 12.6. The third kappa shape index (κ3) is 5.03. The van der Waals surface area contributed by atoms with Crippen LogP contribution in [0.3, 0.4) is 0 Å². The summed E-state index contributed by atoms with van der Waals surface area (Å²) in [4.78, 5) is 21.4. The van der Waals surface area contributed by atoms with Crippen LogP contribution in [0, 0.1) is 0 Å². The van der Waals surface area contributed by atoms with Gasteiger partial charge >= 0.3 is 0 Å². The Morgan fingerprint density at radius 2 is 1.50 bits per heavy atom. The van der Waals surface area contributed by atoms with Gasteiger partial charge < -0.3 is 21.5 Å². The van der Waals surface area contributed by atoms with Crippen LogP contribution in [0.1, 0.15) is 15.9 Å². The summed E-state index contributed by atoms with van der Waals surface area (Å²) in [6.45, 7) is 0.426. The topological polar surface area (TPSA) is 134 Å². The van der Waals surface area contributed by atoms with E-state index >= 15 is 0 Å². The molecule has 0 atom stereocenters. The number of nitrogens with zero attached hydrogens (tertiary/aromatic N) is 4. The second-order valence-electron chi connectivity index (χ2n) is 9.14. The second kappa shape index (κ2) is 10.6. The molecule has 0 unspecified atom stereocenters. The summed E-state index contributed by atoms with van der Waals surface area (Å²) in [5.74, 6) is 1.58. The van der Waals surface area contributed by atoms with E-state index in [1.807, 2.05) is 78.9 Å². The lowest BCUT2D eigenvalue weighted by Gasteiger charge is -2.09. The zero-order valence-corrected chi connectivity index (χ0v) is 21.4. The minimum absolute atomic E-state index is 0.239. The van der Waals surface area contributed by atoms with Gasteiger partial charge in [0.25, 0.3) is 5.91 Å². The first-order chi connectivity index (χ1) is 19.5. The van der Waals surface area contributed by atoms with Gasteiger partial charge in [0.1, 0.15) is 29.3 Å². The number of ether oxygens (including phenoxy) is 1. The van der Waals surface area contributed by atoms with Gasteiger partial charge in [-0.25, -0.2) is 14.6 Å². The molecule has 40 heavy (non-hydrogen) atoms. The molecule has 2 aromatic heterocycles. The summed E-state index contributed by atoms with van der Waals surface area (Å²) >= 11 is 0. The molecule has 196 valence electrons. The highest BCUT2D eigenvalue weighted by Crippen LogP contribution is 2.32. The zero-order valence-electron chi connectivity index (χ0n) is 21.4. The van der Waals surface area contributed by atoms with E-state index in [-0.39, 0.29) is 5.91 Å². The van der Waals surface area contributed by atoms with Gasteiger partial charge in [-0.1, -0.05) is 42.5 Å². The Hall–Kier alpha value is -5.70. The van der Waals surface area contributed by atoms with Crippen LogP contribution in [-0.4, -0.2) is 25.7 Å². The fourth-order valence-corrected chi connectivity index (χ4v) is 4.39. The highest BCUT2D eigenvalue weighted by molar-refractivity contribution is 6.05. The first-order valence-corrected chi connectivity index (χ1v) is 12.6. The van der Waals surface area contributed by atoms with Gasteiger partial charge in [0.15, 0.2) is 5.65 Å². The Morgan fingerprint density at radius 3 is 2.25 bits per heavy atom. The van der Waals surface area contributed by atoms with Crippen LogP contribution in [-0.2, 0) is 6.54 Å². The number of hydrogen-bond acceptors (Lipinski definition) is 7. The molecule has 6 rings (SSSR count). The van der Waals surface area contributed by atoms with Crippen molar-refractivity contribution in [3.63, 3.8) is 0 Å². The van der Waals surface area contributed by atoms with Crippen LogP contribution in [0.4, 0.5) is 17.2 Å². The zero-order chi connectivity index (χ0) is 27.5. The molecule has 5 N–H and O–H groups in total. The van der Waals surface area contributed by atoms with Gasteiger partial charge in [-0.3, -0.25) is 4.79 Å². The van der Waals surface area contributed by atoms with E-state index in [0.29, 0.717) is 51.8 Å². The summed E-state index contributed by atoms with van der Waals surface area (Å²) in [5.41, 5.74) is 16.9. The molecule has 9 nitrogen and oxygen atoms in total. The minimum Gasteiger partial charge on any atom is -0.457 e. The highest BCUT2D eigenvalue weighted by Gasteiger charge is 2.18. The maximum absolute atomic E-state index is 12.7. The van der Waals surface area contributed by atoms with Crippen molar-refractivity contribution in [1.82, 2.24) is 19.7 Å². The van der Waals surface area contributed by atoms with E-state index in [4.69, 9.17) is 21.3 Å². The summed E-state index contributed by atoms with van der Waals surface area (Å²) in [5, 5.41) is 8.37. The lowest BCUT2D eigenvalue weighted by atomic mass is 10.1. The van der Waals surface area contributed by atoms with Crippen molar-refractivity contribution in [2.45, 2.75) is 6.54 Å². The van der Waals surface area contributed by atoms with Crippen molar-refractivity contribution in [1.29, 1.82) is 0 Å². The molecule has 9 heteroatoms. The molecule has 0 aliphatic heterocycles. The number of carbonyl (C=O) groups is 1. The van der Waals surface area contributed by atoms with E-state index in [2.05, 4.69) is 15.3 Å². The summed E-state index contributed by atoms with van der Waals surface area (Å²) in [7, 11) is 0. The Labute approximate surface area is 230 Å². The van der Waals surface area contributed by atoms with Crippen molar-refractivity contribution in [3.8, 4) is 22.8 Å². The number of aromatic nitrogens is 4. The first kappa shape index (κ1) is 24.6. The van der Waals surface area contributed by atoms with Crippen molar-refractivity contribution < 1.29 is 9.53 Å². The maximum Gasteiger partial charge on any atom is 0.255 e. The average Bonchev–Trinajstić information content (AvgIpc) is 3.35. The van der Waals surface area contributed by atoms with Crippen molar-refractivity contribution in [2.24, 2.45) is 0 Å². The number of amides is 1. The predicted molar refractivity (Wildman–Crippen MR) is 156 cm³/mol. The lowest BCUT2D eigenvalue weighted by molar-refractivity contribution is 0.102. The van der Waals surface area contributed by atoms with Gasteiger partial charge in [0.2, 0.25) is 0 Å². The van der Waals surface area contributed by atoms with Crippen LogP contribution >= 0.6 is 0 Å². The number of nitrogens with two attached hydrogens (primary N) is 2. The molecule has 0 fully saturated rings. The normalized spacial score (nSPS) is 10.9. The predicted octanol–water partition coefficient (Wildman–Crippen LogP) is 5.75. The van der Waals surface area contributed by atoms with E-state index in [1.54, 1.807) is 28.9 Å². The number of carbonyl (C=O) groups excluding carboxylic acids is 1. The SMILES string of the molecule is Nc1ccccc1NC(=O)c1ccc(Cn2nc(-c3ccc(Oc4ccccc4)cc3)c3c(N)ncnc32)cc1. The summed E-state index contributed by atoms with van der Waals surface area (Å²) in [6.07, 6.45) is 1.43. The maximum atomic E-state index is 12.7. The molecule has 1 amide bonds. The van der Waals surface area contributed by atoms with Gasteiger partial charge in [0.05, 0.1) is 23.3 Å². The number of nitrogen functional groups attached to an aromatic ring is 2. The van der Waals surface area contributed by atoms with Gasteiger partial charge in [-0.15, -0.1) is 0 Å². The smallest absolute Gasteiger partial charge is 0.255 e. The molecule has 0 radical (unpaired) electrons. The molecular formula is C31H25N7O2. The molecule has 0 aliphatic carbocycles. The van der Waals surface area contributed by atoms with E-state index < -0.39 is 0 Å². The van der Waals surface area contributed by atoms with Crippen LogP contribution in [0.25, 0.3) is 22.3 Å². The average molecular weight is 528 g/mol.